The molecule has 2 atom stereocenters. The highest BCUT2D eigenvalue weighted by molar-refractivity contribution is 9.10. The standard InChI is InChI=1S/C9H12BrN3O2/c10-6-1-5(11)2-12-9(6)13-3-7(14)8(15)4-13/h1-2,7-8,14-15H,3-4,11H2. The summed E-state index contributed by atoms with van der Waals surface area (Å²) in [6, 6.07) is 1.75. The van der Waals surface area contributed by atoms with Gasteiger partial charge in [0.05, 0.1) is 28.6 Å². The maximum Gasteiger partial charge on any atom is 0.143 e. The average Bonchev–Trinajstić information content (AvgIpc) is 2.46. The number of β-amino-alcohol motifs (C(OH)–C–C–N with tert-alkyl or cyclic N) is 2. The predicted molar refractivity (Wildman–Crippen MR) is 60.6 cm³/mol. The molecule has 0 bridgehead atoms. The summed E-state index contributed by atoms with van der Waals surface area (Å²) in [5.74, 6) is 0.694. The van der Waals surface area contributed by atoms with Crippen LogP contribution in [-0.4, -0.2) is 40.5 Å². The first-order valence-electron chi connectivity index (χ1n) is 4.60. The summed E-state index contributed by atoms with van der Waals surface area (Å²) in [5.41, 5.74) is 6.15. The molecule has 1 aliphatic rings. The van der Waals surface area contributed by atoms with E-state index in [-0.39, 0.29) is 0 Å². The summed E-state index contributed by atoms with van der Waals surface area (Å²) >= 11 is 3.35. The molecule has 1 saturated heterocycles. The van der Waals surface area contributed by atoms with Gasteiger partial charge in [0.15, 0.2) is 0 Å². The SMILES string of the molecule is Nc1cnc(N2CC(O)C(O)C2)c(Br)c1. The van der Waals surface area contributed by atoms with Crippen LogP contribution in [0.4, 0.5) is 11.5 Å². The second-order valence-electron chi connectivity index (χ2n) is 3.61. The summed E-state index contributed by atoms with van der Waals surface area (Å²) < 4.78 is 0.767. The first-order chi connectivity index (χ1) is 7.08. The van der Waals surface area contributed by atoms with Crippen LogP contribution < -0.4 is 10.6 Å². The molecule has 2 unspecified atom stereocenters. The molecular formula is C9H12BrN3O2. The Morgan fingerprint density at radius 3 is 2.53 bits per heavy atom. The summed E-state index contributed by atoms with van der Waals surface area (Å²) in [5, 5.41) is 18.8. The van der Waals surface area contributed by atoms with Crippen LogP contribution in [0.1, 0.15) is 0 Å². The van der Waals surface area contributed by atoms with Gasteiger partial charge in [-0.1, -0.05) is 0 Å². The van der Waals surface area contributed by atoms with E-state index in [2.05, 4.69) is 20.9 Å². The predicted octanol–water partition coefficient (Wildman–Crippen LogP) is -0.0319. The fourth-order valence-electron chi connectivity index (χ4n) is 1.62. The zero-order valence-corrected chi connectivity index (χ0v) is 9.55. The monoisotopic (exact) mass is 273 g/mol. The average molecular weight is 274 g/mol. The quantitative estimate of drug-likeness (QED) is 0.670. The zero-order chi connectivity index (χ0) is 11.0. The van der Waals surface area contributed by atoms with E-state index in [0.717, 1.165) is 4.47 Å². The van der Waals surface area contributed by atoms with Crippen LogP contribution in [0, 0.1) is 0 Å². The molecule has 1 aliphatic heterocycles. The Balaban J connectivity index is 2.24. The van der Waals surface area contributed by atoms with Crippen molar-refractivity contribution >= 4 is 27.4 Å². The number of aromatic nitrogens is 1. The van der Waals surface area contributed by atoms with Gasteiger partial charge in [-0.3, -0.25) is 0 Å². The summed E-state index contributed by atoms with van der Waals surface area (Å²) in [7, 11) is 0. The number of pyridine rings is 1. The van der Waals surface area contributed by atoms with Gasteiger partial charge in [0, 0.05) is 13.1 Å². The number of hydrogen-bond donors (Lipinski definition) is 3. The lowest BCUT2D eigenvalue weighted by Gasteiger charge is -2.17. The highest BCUT2D eigenvalue weighted by atomic mass is 79.9. The third-order valence-corrected chi connectivity index (χ3v) is 2.99. The molecule has 1 fully saturated rings. The van der Waals surface area contributed by atoms with Crippen LogP contribution >= 0.6 is 15.9 Å². The van der Waals surface area contributed by atoms with Gasteiger partial charge in [0.2, 0.25) is 0 Å². The van der Waals surface area contributed by atoms with Gasteiger partial charge in [-0.25, -0.2) is 4.98 Å². The molecule has 2 rings (SSSR count). The molecule has 6 heteroatoms. The Bertz CT molecular complexity index is 364. The number of aliphatic hydroxyl groups excluding tert-OH is 2. The largest absolute Gasteiger partial charge is 0.397 e. The molecule has 82 valence electrons. The van der Waals surface area contributed by atoms with Crippen molar-refractivity contribution < 1.29 is 10.2 Å². The number of rotatable bonds is 1. The third-order valence-electron chi connectivity index (χ3n) is 2.40. The van der Waals surface area contributed by atoms with E-state index in [4.69, 9.17) is 5.73 Å². The number of aliphatic hydroxyl groups is 2. The van der Waals surface area contributed by atoms with E-state index >= 15 is 0 Å². The van der Waals surface area contributed by atoms with Crippen LogP contribution in [0.3, 0.4) is 0 Å². The third kappa shape index (κ3) is 2.06. The summed E-state index contributed by atoms with van der Waals surface area (Å²) in [6.45, 7) is 0.771. The number of anilines is 2. The maximum absolute atomic E-state index is 9.42. The van der Waals surface area contributed by atoms with Crippen molar-refractivity contribution in [2.45, 2.75) is 12.2 Å². The van der Waals surface area contributed by atoms with Gasteiger partial charge < -0.3 is 20.8 Å². The van der Waals surface area contributed by atoms with E-state index in [1.165, 1.54) is 0 Å². The molecule has 4 N–H and O–H groups in total. The molecule has 0 amide bonds. The van der Waals surface area contributed by atoms with Crippen molar-refractivity contribution in [3.05, 3.63) is 16.7 Å². The van der Waals surface area contributed by atoms with Crippen molar-refractivity contribution in [1.29, 1.82) is 0 Å². The lowest BCUT2D eigenvalue weighted by atomic mass is 10.3. The van der Waals surface area contributed by atoms with Gasteiger partial charge >= 0.3 is 0 Å². The Morgan fingerprint density at radius 2 is 2.00 bits per heavy atom. The van der Waals surface area contributed by atoms with E-state index in [9.17, 15) is 10.2 Å². The highest BCUT2D eigenvalue weighted by Gasteiger charge is 2.31. The van der Waals surface area contributed by atoms with Gasteiger partial charge in [-0.05, 0) is 22.0 Å². The zero-order valence-electron chi connectivity index (χ0n) is 7.97. The Labute approximate surface area is 95.7 Å². The maximum atomic E-state index is 9.42. The van der Waals surface area contributed by atoms with E-state index in [0.29, 0.717) is 24.6 Å². The minimum atomic E-state index is -0.712. The van der Waals surface area contributed by atoms with Crippen molar-refractivity contribution in [1.82, 2.24) is 4.98 Å². The van der Waals surface area contributed by atoms with Crippen molar-refractivity contribution in [3.8, 4) is 0 Å². The highest BCUT2D eigenvalue weighted by Crippen LogP contribution is 2.28. The molecule has 15 heavy (non-hydrogen) atoms. The van der Waals surface area contributed by atoms with E-state index < -0.39 is 12.2 Å². The first kappa shape index (κ1) is 10.7. The lowest BCUT2D eigenvalue weighted by molar-refractivity contribution is 0.0572. The minimum absolute atomic E-state index is 0.386. The van der Waals surface area contributed by atoms with Crippen LogP contribution in [0.2, 0.25) is 0 Å². The molecular weight excluding hydrogens is 262 g/mol. The van der Waals surface area contributed by atoms with Crippen LogP contribution in [0.15, 0.2) is 16.7 Å². The molecule has 1 aromatic heterocycles. The summed E-state index contributed by atoms with van der Waals surface area (Å²) in [6.07, 6.45) is 0.129. The van der Waals surface area contributed by atoms with Crippen LogP contribution in [-0.2, 0) is 0 Å². The molecule has 1 aromatic rings. The topological polar surface area (TPSA) is 82.6 Å². The van der Waals surface area contributed by atoms with Crippen LogP contribution in [0.25, 0.3) is 0 Å². The van der Waals surface area contributed by atoms with Crippen molar-refractivity contribution in [2.24, 2.45) is 0 Å². The van der Waals surface area contributed by atoms with Crippen molar-refractivity contribution in [3.63, 3.8) is 0 Å². The van der Waals surface area contributed by atoms with Gasteiger partial charge in [0.25, 0.3) is 0 Å². The second-order valence-corrected chi connectivity index (χ2v) is 4.47. The van der Waals surface area contributed by atoms with Gasteiger partial charge in [0.1, 0.15) is 5.82 Å². The minimum Gasteiger partial charge on any atom is -0.397 e. The number of halogens is 1. The second kappa shape index (κ2) is 3.96. The molecule has 5 nitrogen and oxygen atoms in total. The Morgan fingerprint density at radius 1 is 1.40 bits per heavy atom. The van der Waals surface area contributed by atoms with Gasteiger partial charge in [-0.2, -0.15) is 0 Å². The molecule has 0 spiro atoms. The summed E-state index contributed by atoms with van der Waals surface area (Å²) in [4.78, 5) is 5.98. The smallest absolute Gasteiger partial charge is 0.143 e. The van der Waals surface area contributed by atoms with E-state index in [1.54, 1.807) is 12.3 Å². The van der Waals surface area contributed by atoms with E-state index in [1.807, 2.05) is 4.90 Å². The number of nitrogens with zero attached hydrogens (tertiary/aromatic N) is 2. The normalized spacial score (nSPS) is 25.9. The molecule has 0 saturated carbocycles. The molecule has 0 radical (unpaired) electrons. The molecule has 0 aliphatic carbocycles. The lowest BCUT2D eigenvalue weighted by Crippen LogP contribution is -2.22. The van der Waals surface area contributed by atoms with Crippen molar-refractivity contribution in [2.75, 3.05) is 23.7 Å². The molecule has 2 heterocycles. The Kier molecular flexibility index (Phi) is 2.81. The van der Waals surface area contributed by atoms with Gasteiger partial charge in [-0.15, -0.1) is 0 Å². The fourth-order valence-corrected chi connectivity index (χ4v) is 2.24. The Hall–Kier alpha value is -0.850. The fraction of sp³-hybridized carbons (Fsp3) is 0.444. The molecule has 0 aromatic carbocycles. The number of hydrogen-bond acceptors (Lipinski definition) is 5. The number of nitrogens with two attached hydrogens (primary N) is 1. The first-order valence-corrected chi connectivity index (χ1v) is 5.39. The number of nitrogen functional groups attached to an aromatic ring is 1. The van der Waals surface area contributed by atoms with Crippen LogP contribution in [0.5, 0.6) is 0 Å².